The SMILES string of the molecule is CNC(=O)C(Cc1ccc(OC)cc1)NC=O. The summed E-state index contributed by atoms with van der Waals surface area (Å²) in [6.45, 7) is 0. The summed E-state index contributed by atoms with van der Waals surface area (Å²) < 4.78 is 5.04. The highest BCUT2D eigenvalue weighted by Gasteiger charge is 2.16. The largest absolute Gasteiger partial charge is 0.497 e. The second-order valence-corrected chi connectivity index (χ2v) is 3.50. The molecule has 0 spiro atoms. The van der Waals surface area contributed by atoms with Crippen LogP contribution in [0.4, 0.5) is 0 Å². The fraction of sp³-hybridized carbons (Fsp3) is 0.333. The number of benzene rings is 1. The molecule has 0 aliphatic carbocycles. The van der Waals surface area contributed by atoms with Gasteiger partial charge in [0.05, 0.1) is 7.11 Å². The van der Waals surface area contributed by atoms with Crippen LogP contribution in [0.15, 0.2) is 24.3 Å². The van der Waals surface area contributed by atoms with E-state index in [9.17, 15) is 9.59 Å². The van der Waals surface area contributed by atoms with Crippen molar-refractivity contribution in [1.29, 1.82) is 0 Å². The summed E-state index contributed by atoms with van der Waals surface area (Å²) in [4.78, 5) is 21.9. The number of hydrogen-bond donors (Lipinski definition) is 2. The minimum absolute atomic E-state index is 0.215. The molecular formula is C12H16N2O3. The molecule has 0 radical (unpaired) electrons. The molecule has 0 aromatic heterocycles. The minimum atomic E-state index is -0.550. The molecule has 0 saturated heterocycles. The molecule has 0 bridgehead atoms. The van der Waals surface area contributed by atoms with Crippen LogP contribution in [0.2, 0.25) is 0 Å². The van der Waals surface area contributed by atoms with E-state index in [-0.39, 0.29) is 5.91 Å². The van der Waals surface area contributed by atoms with Crippen molar-refractivity contribution in [2.24, 2.45) is 0 Å². The monoisotopic (exact) mass is 236 g/mol. The molecule has 0 aliphatic heterocycles. The van der Waals surface area contributed by atoms with Crippen molar-refractivity contribution in [3.05, 3.63) is 29.8 Å². The first-order valence-corrected chi connectivity index (χ1v) is 5.25. The lowest BCUT2D eigenvalue weighted by Crippen LogP contribution is -2.43. The Bertz CT molecular complexity index is 376. The van der Waals surface area contributed by atoms with Gasteiger partial charge in [-0.25, -0.2) is 0 Å². The van der Waals surface area contributed by atoms with Crippen LogP contribution in [0.3, 0.4) is 0 Å². The summed E-state index contributed by atoms with van der Waals surface area (Å²) in [5, 5.41) is 4.99. The average molecular weight is 236 g/mol. The van der Waals surface area contributed by atoms with Gasteiger partial charge in [0, 0.05) is 13.5 Å². The molecule has 2 amide bonds. The quantitative estimate of drug-likeness (QED) is 0.688. The van der Waals surface area contributed by atoms with Crippen molar-refractivity contribution in [3.63, 3.8) is 0 Å². The molecule has 2 N–H and O–H groups in total. The Morgan fingerprint density at radius 1 is 1.41 bits per heavy atom. The van der Waals surface area contributed by atoms with Crippen molar-refractivity contribution in [3.8, 4) is 5.75 Å². The Kier molecular flexibility index (Phi) is 5.00. The fourth-order valence-electron chi connectivity index (χ4n) is 1.48. The van der Waals surface area contributed by atoms with Gasteiger partial charge >= 0.3 is 0 Å². The lowest BCUT2D eigenvalue weighted by molar-refractivity contribution is -0.124. The maximum Gasteiger partial charge on any atom is 0.242 e. The van der Waals surface area contributed by atoms with Crippen molar-refractivity contribution < 1.29 is 14.3 Å². The first-order chi connectivity index (χ1) is 8.21. The molecule has 1 atom stereocenters. The van der Waals surface area contributed by atoms with Crippen LogP contribution in [-0.4, -0.2) is 32.5 Å². The van der Waals surface area contributed by atoms with E-state index in [2.05, 4.69) is 10.6 Å². The molecule has 92 valence electrons. The maximum atomic E-state index is 11.5. The van der Waals surface area contributed by atoms with Crippen LogP contribution in [0.5, 0.6) is 5.75 Å². The topological polar surface area (TPSA) is 67.4 Å². The summed E-state index contributed by atoms with van der Waals surface area (Å²) in [6, 6.07) is 6.81. The predicted octanol–water partition coefficient (Wildman–Crippen LogP) is 0.0983. The van der Waals surface area contributed by atoms with Crippen molar-refractivity contribution in [1.82, 2.24) is 10.6 Å². The smallest absolute Gasteiger partial charge is 0.242 e. The van der Waals surface area contributed by atoms with Gasteiger partial charge in [-0.05, 0) is 17.7 Å². The highest BCUT2D eigenvalue weighted by molar-refractivity contribution is 5.83. The third-order valence-electron chi connectivity index (χ3n) is 2.43. The van der Waals surface area contributed by atoms with Gasteiger partial charge in [0.2, 0.25) is 12.3 Å². The van der Waals surface area contributed by atoms with Crippen molar-refractivity contribution in [2.75, 3.05) is 14.2 Å². The highest BCUT2D eigenvalue weighted by Crippen LogP contribution is 2.12. The standard InChI is InChI=1S/C12H16N2O3/c1-13-12(16)11(14-8-15)7-9-3-5-10(17-2)6-4-9/h3-6,8,11H,7H2,1-2H3,(H,13,16)(H,14,15). The zero-order valence-electron chi connectivity index (χ0n) is 9.90. The number of ether oxygens (including phenoxy) is 1. The van der Waals surface area contributed by atoms with Gasteiger partial charge in [-0.2, -0.15) is 0 Å². The van der Waals surface area contributed by atoms with Crippen LogP contribution in [0.25, 0.3) is 0 Å². The Morgan fingerprint density at radius 2 is 2.06 bits per heavy atom. The summed E-state index contributed by atoms with van der Waals surface area (Å²) >= 11 is 0. The van der Waals surface area contributed by atoms with E-state index in [0.717, 1.165) is 11.3 Å². The van der Waals surface area contributed by atoms with E-state index >= 15 is 0 Å². The van der Waals surface area contributed by atoms with Gasteiger partial charge in [0.25, 0.3) is 0 Å². The minimum Gasteiger partial charge on any atom is -0.497 e. The van der Waals surface area contributed by atoms with Gasteiger partial charge in [0.1, 0.15) is 11.8 Å². The lowest BCUT2D eigenvalue weighted by Gasteiger charge is -2.14. The van der Waals surface area contributed by atoms with Crippen LogP contribution in [-0.2, 0) is 16.0 Å². The van der Waals surface area contributed by atoms with E-state index < -0.39 is 6.04 Å². The van der Waals surface area contributed by atoms with Crippen LogP contribution in [0.1, 0.15) is 5.56 Å². The van der Waals surface area contributed by atoms with Gasteiger partial charge in [-0.1, -0.05) is 12.1 Å². The summed E-state index contributed by atoms with van der Waals surface area (Å²) in [5.74, 6) is 0.543. The molecule has 1 aromatic rings. The van der Waals surface area contributed by atoms with Gasteiger partial charge < -0.3 is 15.4 Å². The molecule has 0 fully saturated rings. The Hall–Kier alpha value is -2.04. The highest BCUT2D eigenvalue weighted by atomic mass is 16.5. The van der Waals surface area contributed by atoms with Crippen molar-refractivity contribution in [2.45, 2.75) is 12.5 Å². The van der Waals surface area contributed by atoms with Crippen LogP contribution < -0.4 is 15.4 Å². The van der Waals surface area contributed by atoms with Crippen molar-refractivity contribution >= 4 is 12.3 Å². The molecule has 5 nitrogen and oxygen atoms in total. The van der Waals surface area contributed by atoms with E-state index in [1.54, 1.807) is 7.11 Å². The first kappa shape index (κ1) is 13.0. The Labute approximate surface area is 100 Å². The van der Waals surface area contributed by atoms with Gasteiger partial charge in [-0.3, -0.25) is 9.59 Å². The molecule has 1 rings (SSSR count). The van der Waals surface area contributed by atoms with E-state index in [4.69, 9.17) is 4.74 Å². The van der Waals surface area contributed by atoms with Gasteiger partial charge in [0.15, 0.2) is 0 Å². The van der Waals surface area contributed by atoms with E-state index in [1.165, 1.54) is 7.05 Å². The maximum absolute atomic E-state index is 11.5. The number of methoxy groups -OCH3 is 1. The molecular weight excluding hydrogens is 220 g/mol. The molecule has 0 saturated carbocycles. The normalized spacial score (nSPS) is 11.4. The number of carbonyl (C=O) groups is 2. The summed E-state index contributed by atoms with van der Waals surface area (Å²) in [5.41, 5.74) is 0.953. The van der Waals surface area contributed by atoms with E-state index in [1.807, 2.05) is 24.3 Å². The van der Waals surface area contributed by atoms with Gasteiger partial charge in [-0.15, -0.1) is 0 Å². The molecule has 5 heteroatoms. The third kappa shape index (κ3) is 3.79. The molecule has 17 heavy (non-hydrogen) atoms. The number of nitrogens with one attached hydrogen (secondary N) is 2. The Balaban J connectivity index is 2.71. The van der Waals surface area contributed by atoms with Crippen LogP contribution in [0, 0.1) is 0 Å². The summed E-state index contributed by atoms with van der Waals surface area (Å²) in [6.07, 6.45) is 0.978. The van der Waals surface area contributed by atoms with Crippen LogP contribution >= 0.6 is 0 Å². The lowest BCUT2D eigenvalue weighted by atomic mass is 10.1. The van der Waals surface area contributed by atoms with E-state index in [0.29, 0.717) is 12.8 Å². The first-order valence-electron chi connectivity index (χ1n) is 5.25. The number of rotatable bonds is 6. The predicted molar refractivity (Wildman–Crippen MR) is 63.8 cm³/mol. The summed E-state index contributed by atoms with van der Waals surface area (Å²) in [7, 11) is 3.13. The third-order valence-corrected chi connectivity index (χ3v) is 2.43. The molecule has 1 unspecified atom stereocenters. The zero-order valence-corrected chi connectivity index (χ0v) is 9.90. The average Bonchev–Trinajstić information content (AvgIpc) is 2.38. The molecule has 0 aliphatic rings. The number of amides is 2. The molecule has 0 heterocycles. The Morgan fingerprint density at radius 3 is 2.53 bits per heavy atom. The zero-order chi connectivity index (χ0) is 12.7. The number of likely N-dealkylation sites (N-methyl/N-ethyl adjacent to an activating group) is 1. The fourth-order valence-corrected chi connectivity index (χ4v) is 1.48. The number of carbonyl (C=O) groups excluding carboxylic acids is 2. The second-order valence-electron chi connectivity index (χ2n) is 3.50. The molecule has 1 aromatic carbocycles. The number of hydrogen-bond acceptors (Lipinski definition) is 3. The second kappa shape index (κ2) is 6.52.